The van der Waals surface area contributed by atoms with E-state index < -0.39 is 5.41 Å². The lowest BCUT2D eigenvalue weighted by Gasteiger charge is -2.25. The number of aliphatic hydroxyl groups is 1. The Hall–Kier alpha value is -0.410. The maximum absolute atomic E-state index is 13.8. The summed E-state index contributed by atoms with van der Waals surface area (Å²) in [6, 6.07) is 3.53. The second kappa shape index (κ2) is 3.99. The first-order chi connectivity index (χ1) is 6.40. The fourth-order valence-corrected chi connectivity index (χ4v) is 2.20. The van der Waals surface area contributed by atoms with Gasteiger partial charge in [0.15, 0.2) is 0 Å². The summed E-state index contributed by atoms with van der Waals surface area (Å²) in [5.41, 5.74) is 0.583. The number of hydrogen-bond acceptors (Lipinski definition) is 1. The largest absolute Gasteiger partial charge is 0.395 e. The predicted molar refractivity (Wildman–Crippen MR) is 58.9 cm³/mol. The maximum atomic E-state index is 13.8. The lowest BCUT2D eigenvalue weighted by molar-refractivity contribution is 0.214. The molecule has 0 aromatic heterocycles. The van der Waals surface area contributed by atoms with Crippen LogP contribution in [0.1, 0.15) is 25.0 Å². The van der Waals surface area contributed by atoms with E-state index in [0.29, 0.717) is 15.6 Å². The summed E-state index contributed by atoms with van der Waals surface area (Å²) in [4.78, 5) is 0. The molecule has 78 valence electrons. The molecule has 1 rings (SSSR count). The zero-order chi connectivity index (χ0) is 10.9. The van der Waals surface area contributed by atoms with Gasteiger partial charge < -0.3 is 5.11 Å². The van der Waals surface area contributed by atoms with Crippen LogP contribution < -0.4 is 0 Å². The van der Waals surface area contributed by atoms with Crippen molar-refractivity contribution in [2.45, 2.75) is 26.2 Å². The molecule has 0 fully saturated rings. The Morgan fingerprint density at radius 2 is 2.00 bits per heavy atom. The van der Waals surface area contributed by atoms with Crippen LogP contribution in [0, 0.1) is 12.7 Å². The first-order valence-corrected chi connectivity index (χ1v) is 5.25. The SMILES string of the molecule is Cc1ccc(Br)c(C(C)(C)CO)c1F. The third-order valence-corrected chi connectivity index (χ3v) is 3.02. The zero-order valence-corrected chi connectivity index (χ0v) is 10.2. The van der Waals surface area contributed by atoms with Crippen LogP contribution in [0.3, 0.4) is 0 Å². The van der Waals surface area contributed by atoms with Crippen LogP contribution in [0.5, 0.6) is 0 Å². The van der Waals surface area contributed by atoms with Crippen LogP contribution in [-0.2, 0) is 5.41 Å². The highest BCUT2D eigenvalue weighted by atomic mass is 79.9. The van der Waals surface area contributed by atoms with E-state index in [1.807, 2.05) is 19.9 Å². The van der Waals surface area contributed by atoms with Gasteiger partial charge in [-0.05, 0) is 18.6 Å². The maximum Gasteiger partial charge on any atom is 0.131 e. The Kier molecular flexibility index (Phi) is 3.32. The molecule has 0 amide bonds. The number of aryl methyl sites for hydroxylation is 1. The number of benzene rings is 1. The van der Waals surface area contributed by atoms with Crippen molar-refractivity contribution in [1.82, 2.24) is 0 Å². The molecule has 0 unspecified atom stereocenters. The van der Waals surface area contributed by atoms with E-state index in [1.54, 1.807) is 13.0 Å². The summed E-state index contributed by atoms with van der Waals surface area (Å²) in [6.45, 7) is 5.27. The van der Waals surface area contributed by atoms with Crippen molar-refractivity contribution in [2.75, 3.05) is 6.61 Å². The molecule has 0 radical (unpaired) electrons. The van der Waals surface area contributed by atoms with E-state index in [4.69, 9.17) is 0 Å². The topological polar surface area (TPSA) is 20.2 Å². The summed E-state index contributed by atoms with van der Waals surface area (Å²) in [6.07, 6.45) is 0. The smallest absolute Gasteiger partial charge is 0.131 e. The van der Waals surface area contributed by atoms with E-state index in [9.17, 15) is 9.50 Å². The van der Waals surface area contributed by atoms with Gasteiger partial charge in [-0.2, -0.15) is 0 Å². The van der Waals surface area contributed by atoms with Crippen molar-refractivity contribution in [2.24, 2.45) is 0 Å². The van der Waals surface area contributed by atoms with E-state index in [0.717, 1.165) is 0 Å². The van der Waals surface area contributed by atoms with Crippen LogP contribution in [0.2, 0.25) is 0 Å². The van der Waals surface area contributed by atoms with Gasteiger partial charge in [0.05, 0.1) is 6.61 Å². The highest BCUT2D eigenvalue weighted by Gasteiger charge is 2.26. The van der Waals surface area contributed by atoms with Gasteiger partial charge in [0, 0.05) is 15.5 Å². The summed E-state index contributed by atoms with van der Waals surface area (Å²) in [7, 11) is 0. The average molecular weight is 261 g/mol. The highest BCUT2D eigenvalue weighted by molar-refractivity contribution is 9.10. The van der Waals surface area contributed by atoms with Crippen LogP contribution >= 0.6 is 15.9 Å². The lowest BCUT2D eigenvalue weighted by atomic mass is 9.84. The minimum Gasteiger partial charge on any atom is -0.395 e. The molecule has 0 saturated heterocycles. The third-order valence-electron chi connectivity index (χ3n) is 2.36. The molecule has 0 bridgehead atoms. The van der Waals surface area contributed by atoms with Crippen LogP contribution in [0.15, 0.2) is 16.6 Å². The lowest BCUT2D eigenvalue weighted by Crippen LogP contribution is -2.24. The molecule has 1 N–H and O–H groups in total. The van der Waals surface area contributed by atoms with Crippen molar-refractivity contribution in [1.29, 1.82) is 0 Å². The Balaban J connectivity index is 3.40. The van der Waals surface area contributed by atoms with E-state index in [2.05, 4.69) is 15.9 Å². The molecular weight excluding hydrogens is 247 g/mol. The molecule has 0 saturated carbocycles. The van der Waals surface area contributed by atoms with Crippen molar-refractivity contribution in [3.63, 3.8) is 0 Å². The van der Waals surface area contributed by atoms with Gasteiger partial charge in [0.25, 0.3) is 0 Å². The molecule has 0 aliphatic rings. The summed E-state index contributed by atoms with van der Waals surface area (Å²) in [5.74, 6) is -0.238. The Labute approximate surface area is 92.1 Å². The van der Waals surface area contributed by atoms with E-state index in [-0.39, 0.29) is 12.4 Å². The summed E-state index contributed by atoms with van der Waals surface area (Å²) >= 11 is 3.31. The quantitative estimate of drug-likeness (QED) is 0.866. The van der Waals surface area contributed by atoms with Crippen molar-refractivity contribution in [3.8, 4) is 0 Å². The molecule has 0 atom stereocenters. The fraction of sp³-hybridized carbons (Fsp3) is 0.455. The van der Waals surface area contributed by atoms with Crippen molar-refractivity contribution in [3.05, 3.63) is 33.5 Å². The first kappa shape index (κ1) is 11.7. The number of hydrogen-bond donors (Lipinski definition) is 1. The number of aliphatic hydroxyl groups excluding tert-OH is 1. The second-order valence-corrected chi connectivity index (χ2v) is 4.95. The zero-order valence-electron chi connectivity index (χ0n) is 8.56. The van der Waals surface area contributed by atoms with Crippen LogP contribution in [-0.4, -0.2) is 11.7 Å². The van der Waals surface area contributed by atoms with Gasteiger partial charge in [-0.15, -0.1) is 0 Å². The Morgan fingerprint density at radius 3 is 2.50 bits per heavy atom. The normalized spacial score (nSPS) is 11.9. The molecule has 0 spiro atoms. The van der Waals surface area contributed by atoms with Gasteiger partial charge in [-0.3, -0.25) is 0 Å². The highest BCUT2D eigenvalue weighted by Crippen LogP contribution is 2.33. The second-order valence-electron chi connectivity index (χ2n) is 4.10. The summed E-state index contributed by atoms with van der Waals surface area (Å²) in [5, 5.41) is 9.20. The third kappa shape index (κ3) is 1.98. The molecule has 0 aliphatic heterocycles. The van der Waals surface area contributed by atoms with E-state index >= 15 is 0 Å². The Morgan fingerprint density at radius 1 is 1.43 bits per heavy atom. The number of rotatable bonds is 2. The van der Waals surface area contributed by atoms with Gasteiger partial charge in [0.1, 0.15) is 5.82 Å². The molecule has 1 aromatic carbocycles. The van der Waals surface area contributed by atoms with Crippen molar-refractivity contribution >= 4 is 15.9 Å². The minimum absolute atomic E-state index is 0.0774. The Bertz CT molecular complexity index is 347. The molecule has 3 heteroatoms. The molecule has 1 aromatic rings. The molecule has 1 nitrogen and oxygen atoms in total. The standard InChI is InChI=1S/C11H14BrFO/c1-7-4-5-8(12)9(10(7)13)11(2,3)6-14/h4-5,14H,6H2,1-3H3. The molecule has 0 heterocycles. The predicted octanol–water partition coefficient (Wildman–Crippen LogP) is 3.17. The minimum atomic E-state index is -0.561. The molecular formula is C11H14BrFO. The molecule has 14 heavy (non-hydrogen) atoms. The summed E-state index contributed by atoms with van der Waals surface area (Å²) < 4.78 is 14.5. The number of halogens is 2. The van der Waals surface area contributed by atoms with Gasteiger partial charge >= 0.3 is 0 Å². The van der Waals surface area contributed by atoms with Gasteiger partial charge in [-0.1, -0.05) is 35.8 Å². The van der Waals surface area contributed by atoms with Crippen LogP contribution in [0.4, 0.5) is 4.39 Å². The monoisotopic (exact) mass is 260 g/mol. The molecule has 0 aliphatic carbocycles. The van der Waals surface area contributed by atoms with Gasteiger partial charge in [0.2, 0.25) is 0 Å². The first-order valence-electron chi connectivity index (χ1n) is 4.46. The van der Waals surface area contributed by atoms with E-state index in [1.165, 1.54) is 0 Å². The fourth-order valence-electron chi connectivity index (χ4n) is 1.36. The van der Waals surface area contributed by atoms with Crippen molar-refractivity contribution < 1.29 is 9.50 Å². The van der Waals surface area contributed by atoms with Crippen LogP contribution in [0.25, 0.3) is 0 Å². The van der Waals surface area contributed by atoms with Gasteiger partial charge in [-0.25, -0.2) is 4.39 Å². The average Bonchev–Trinajstić information content (AvgIpc) is 2.12.